The zero-order valence-electron chi connectivity index (χ0n) is 11.7. The van der Waals surface area contributed by atoms with Crippen LogP contribution in [0.3, 0.4) is 0 Å². The number of rotatable bonds is 3. The number of carbonyl (C=O) groups is 1. The van der Waals surface area contributed by atoms with Crippen LogP contribution < -0.4 is 0 Å². The lowest BCUT2D eigenvalue weighted by Gasteiger charge is -2.04. The maximum atomic E-state index is 12.5. The predicted octanol–water partition coefficient (Wildman–Crippen LogP) is 3.68. The van der Waals surface area contributed by atoms with Crippen molar-refractivity contribution in [2.45, 2.75) is 6.92 Å². The topological polar surface area (TPSA) is 42.9 Å². The van der Waals surface area contributed by atoms with Crippen molar-refractivity contribution in [3.8, 4) is 11.3 Å². The van der Waals surface area contributed by atoms with Crippen LogP contribution in [0, 0.1) is 6.92 Å². The minimum atomic E-state index is -0.0397. The number of aryl methyl sites for hydroxylation is 1. The highest BCUT2D eigenvalue weighted by Crippen LogP contribution is 2.18. The number of ketones is 1. The summed E-state index contributed by atoms with van der Waals surface area (Å²) in [5, 5.41) is 8.05. The first-order valence-electron chi connectivity index (χ1n) is 6.73. The Kier molecular flexibility index (Phi) is 3.56. The van der Waals surface area contributed by atoms with Crippen molar-refractivity contribution in [1.29, 1.82) is 0 Å². The monoisotopic (exact) mass is 274 g/mol. The van der Waals surface area contributed by atoms with E-state index >= 15 is 0 Å². The first kappa shape index (κ1) is 13.2. The molecule has 3 rings (SSSR count). The van der Waals surface area contributed by atoms with E-state index in [0.717, 1.165) is 11.1 Å². The molecule has 3 heteroatoms. The van der Waals surface area contributed by atoms with Crippen LogP contribution in [0.5, 0.6) is 0 Å². The summed E-state index contributed by atoms with van der Waals surface area (Å²) >= 11 is 0. The molecule has 0 fully saturated rings. The fourth-order valence-electron chi connectivity index (χ4n) is 2.11. The highest BCUT2D eigenvalue weighted by Gasteiger charge is 2.11. The third-order valence-corrected chi connectivity index (χ3v) is 3.30. The third kappa shape index (κ3) is 2.87. The van der Waals surface area contributed by atoms with E-state index in [1.807, 2.05) is 61.5 Å². The lowest BCUT2D eigenvalue weighted by atomic mass is 10.0. The van der Waals surface area contributed by atoms with Crippen LogP contribution in [0.2, 0.25) is 0 Å². The molecule has 0 aliphatic carbocycles. The lowest BCUT2D eigenvalue weighted by molar-refractivity contribution is 0.103. The summed E-state index contributed by atoms with van der Waals surface area (Å²) in [6.45, 7) is 2.00. The van der Waals surface area contributed by atoms with Gasteiger partial charge in [-0.1, -0.05) is 60.2 Å². The van der Waals surface area contributed by atoms with Crippen LogP contribution in [-0.2, 0) is 0 Å². The normalized spacial score (nSPS) is 10.3. The van der Waals surface area contributed by atoms with Crippen molar-refractivity contribution in [1.82, 2.24) is 10.2 Å². The molecule has 0 aliphatic heterocycles. The Balaban J connectivity index is 1.96. The number of carbonyl (C=O) groups excluding carboxylic acids is 1. The van der Waals surface area contributed by atoms with Crippen LogP contribution in [0.15, 0.2) is 66.9 Å². The standard InChI is InChI=1S/C18H14N2O/c1-13-7-9-15(10-8-13)18(21)16-11-17(20-19-12-16)14-5-3-2-4-6-14/h2-12H,1H3. The van der Waals surface area contributed by atoms with Crippen molar-refractivity contribution in [3.05, 3.63) is 83.6 Å². The Morgan fingerprint density at radius 2 is 1.62 bits per heavy atom. The summed E-state index contributed by atoms with van der Waals surface area (Å²) < 4.78 is 0. The summed E-state index contributed by atoms with van der Waals surface area (Å²) in [5.41, 5.74) is 3.99. The number of hydrogen-bond donors (Lipinski definition) is 0. The van der Waals surface area contributed by atoms with Gasteiger partial charge in [0.1, 0.15) is 0 Å². The second-order valence-electron chi connectivity index (χ2n) is 4.89. The molecule has 0 radical (unpaired) electrons. The van der Waals surface area contributed by atoms with Crippen LogP contribution in [0.4, 0.5) is 0 Å². The highest BCUT2D eigenvalue weighted by molar-refractivity contribution is 6.09. The van der Waals surface area contributed by atoms with Crippen molar-refractivity contribution < 1.29 is 4.79 Å². The van der Waals surface area contributed by atoms with E-state index in [9.17, 15) is 4.79 Å². The van der Waals surface area contributed by atoms with E-state index < -0.39 is 0 Å². The fourth-order valence-corrected chi connectivity index (χ4v) is 2.11. The number of benzene rings is 2. The minimum absolute atomic E-state index is 0.0397. The van der Waals surface area contributed by atoms with Gasteiger partial charge in [0.2, 0.25) is 0 Å². The van der Waals surface area contributed by atoms with Gasteiger partial charge in [-0.15, -0.1) is 0 Å². The fraction of sp³-hybridized carbons (Fsp3) is 0.0556. The van der Waals surface area contributed by atoms with Gasteiger partial charge in [0.05, 0.1) is 11.9 Å². The Hall–Kier alpha value is -2.81. The van der Waals surface area contributed by atoms with Gasteiger partial charge in [-0.2, -0.15) is 10.2 Å². The smallest absolute Gasteiger partial charge is 0.194 e. The maximum absolute atomic E-state index is 12.5. The SMILES string of the molecule is Cc1ccc(C(=O)c2cnnc(-c3ccccc3)c2)cc1. The molecule has 0 atom stereocenters. The first-order valence-corrected chi connectivity index (χ1v) is 6.73. The quantitative estimate of drug-likeness (QED) is 0.684. The molecule has 0 spiro atoms. The highest BCUT2D eigenvalue weighted by atomic mass is 16.1. The van der Waals surface area contributed by atoms with Gasteiger partial charge in [-0.05, 0) is 13.0 Å². The molecule has 3 aromatic rings. The molecule has 0 aliphatic rings. The van der Waals surface area contributed by atoms with Crippen LogP contribution in [-0.4, -0.2) is 16.0 Å². The molecule has 0 N–H and O–H groups in total. The summed E-state index contributed by atoms with van der Waals surface area (Å²) in [7, 11) is 0. The van der Waals surface area contributed by atoms with E-state index in [1.54, 1.807) is 6.07 Å². The summed E-state index contributed by atoms with van der Waals surface area (Å²) in [4.78, 5) is 12.5. The second-order valence-corrected chi connectivity index (χ2v) is 4.89. The van der Waals surface area contributed by atoms with Crippen molar-refractivity contribution >= 4 is 5.78 Å². The van der Waals surface area contributed by atoms with Gasteiger partial charge in [0.25, 0.3) is 0 Å². The molecule has 0 saturated carbocycles. The largest absolute Gasteiger partial charge is 0.289 e. The third-order valence-electron chi connectivity index (χ3n) is 3.30. The summed E-state index contributed by atoms with van der Waals surface area (Å²) in [6.07, 6.45) is 1.51. The molecule has 1 aromatic heterocycles. The predicted molar refractivity (Wildman–Crippen MR) is 82.1 cm³/mol. The second kappa shape index (κ2) is 5.67. The average Bonchev–Trinajstić information content (AvgIpc) is 2.56. The number of hydrogen-bond acceptors (Lipinski definition) is 3. The van der Waals surface area contributed by atoms with E-state index in [2.05, 4.69) is 10.2 Å². The minimum Gasteiger partial charge on any atom is -0.289 e. The maximum Gasteiger partial charge on any atom is 0.194 e. The van der Waals surface area contributed by atoms with Gasteiger partial charge in [0.15, 0.2) is 5.78 Å². The molecule has 0 amide bonds. The van der Waals surface area contributed by atoms with Gasteiger partial charge in [-0.3, -0.25) is 4.79 Å². The number of nitrogens with zero attached hydrogens (tertiary/aromatic N) is 2. The Bertz CT molecular complexity index is 765. The van der Waals surface area contributed by atoms with Crippen LogP contribution in [0.25, 0.3) is 11.3 Å². The van der Waals surface area contributed by atoms with E-state index in [-0.39, 0.29) is 5.78 Å². The van der Waals surface area contributed by atoms with E-state index in [1.165, 1.54) is 6.20 Å². The van der Waals surface area contributed by atoms with Crippen molar-refractivity contribution in [3.63, 3.8) is 0 Å². The summed E-state index contributed by atoms with van der Waals surface area (Å²) in [6, 6.07) is 19.0. The Morgan fingerprint density at radius 3 is 2.33 bits per heavy atom. The van der Waals surface area contributed by atoms with Crippen molar-refractivity contribution in [2.75, 3.05) is 0 Å². The van der Waals surface area contributed by atoms with Crippen molar-refractivity contribution in [2.24, 2.45) is 0 Å². The first-order chi connectivity index (χ1) is 10.2. The molecule has 102 valence electrons. The van der Waals surface area contributed by atoms with Gasteiger partial charge < -0.3 is 0 Å². The molecule has 2 aromatic carbocycles. The Labute approximate surface area is 123 Å². The van der Waals surface area contributed by atoms with Gasteiger partial charge in [0, 0.05) is 16.7 Å². The van der Waals surface area contributed by atoms with E-state index in [4.69, 9.17) is 0 Å². The molecular weight excluding hydrogens is 260 g/mol. The van der Waals surface area contributed by atoms with Gasteiger partial charge >= 0.3 is 0 Å². The molecule has 0 unspecified atom stereocenters. The molecule has 3 nitrogen and oxygen atoms in total. The average molecular weight is 274 g/mol. The van der Waals surface area contributed by atoms with Gasteiger partial charge in [-0.25, -0.2) is 0 Å². The van der Waals surface area contributed by atoms with Crippen LogP contribution >= 0.6 is 0 Å². The zero-order valence-corrected chi connectivity index (χ0v) is 11.7. The number of aromatic nitrogens is 2. The molecule has 21 heavy (non-hydrogen) atoms. The summed E-state index contributed by atoms with van der Waals surface area (Å²) in [5.74, 6) is -0.0397. The molecule has 0 bridgehead atoms. The zero-order chi connectivity index (χ0) is 14.7. The lowest BCUT2D eigenvalue weighted by Crippen LogP contribution is -2.03. The Morgan fingerprint density at radius 1 is 0.905 bits per heavy atom. The molecule has 0 saturated heterocycles. The molecular formula is C18H14N2O. The molecule has 1 heterocycles. The van der Waals surface area contributed by atoms with E-state index in [0.29, 0.717) is 16.8 Å². The van der Waals surface area contributed by atoms with Crippen LogP contribution in [0.1, 0.15) is 21.5 Å².